The number of halogens is 1. The Morgan fingerprint density at radius 3 is 3.00 bits per heavy atom. The zero-order chi connectivity index (χ0) is 13.8. The normalized spacial score (nSPS) is 14.4. The Labute approximate surface area is 117 Å². The number of nitrogens with zero attached hydrogens (tertiary/aromatic N) is 2. The van der Waals surface area contributed by atoms with Crippen LogP contribution < -0.4 is 10.1 Å². The van der Waals surface area contributed by atoms with Gasteiger partial charge in [-0.25, -0.2) is 4.39 Å². The molecule has 1 aliphatic rings. The molecule has 2 aromatic rings. The van der Waals surface area contributed by atoms with Crippen molar-refractivity contribution >= 4 is 0 Å². The van der Waals surface area contributed by atoms with Crippen molar-refractivity contribution in [3.8, 4) is 5.75 Å². The largest absolute Gasteiger partial charge is 0.489 e. The van der Waals surface area contributed by atoms with E-state index in [4.69, 9.17) is 4.74 Å². The third-order valence-electron chi connectivity index (χ3n) is 3.31. The van der Waals surface area contributed by atoms with Crippen LogP contribution in [0.25, 0.3) is 0 Å². The van der Waals surface area contributed by atoms with Crippen molar-refractivity contribution in [1.29, 1.82) is 0 Å². The van der Waals surface area contributed by atoms with Gasteiger partial charge in [0.15, 0.2) is 11.6 Å². The molecule has 0 spiro atoms. The molecule has 1 aliphatic carbocycles. The fourth-order valence-corrected chi connectivity index (χ4v) is 2.00. The summed E-state index contributed by atoms with van der Waals surface area (Å²) in [4.78, 5) is 0. The van der Waals surface area contributed by atoms with E-state index in [1.807, 2.05) is 18.3 Å². The Balaban J connectivity index is 1.50. The highest BCUT2D eigenvalue weighted by Gasteiger charge is 2.20. The molecule has 0 aliphatic heterocycles. The number of rotatable bonds is 7. The first-order chi connectivity index (χ1) is 9.81. The zero-order valence-corrected chi connectivity index (χ0v) is 11.3. The Hall–Kier alpha value is -1.88. The van der Waals surface area contributed by atoms with Crippen molar-refractivity contribution in [2.45, 2.75) is 32.0 Å². The maximum atomic E-state index is 13.9. The monoisotopic (exact) mass is 275 g/mol. The second-order valence-electron chi connectivity index (χ2n) is 5.04. The molecule has 1 fully saturated rings. The fourth-order valence-electron chi connectivity index (χ4n) is 2.00. The molecule has 20 heavy (non-hydrogen) atoms. The first-order valence-corrected chi connectivity index (χ1v) is 6.93. The van der Waals surface area contributed by atoms with Crippen LogP contribution in [0.1, 0.15) is 18.4 Å². The van der Waals surface area contributed by atoms with E-state index in [1.54, 1.807) is 23.0 Å². The number of hydrogen-bond donors (Lipinski definition) is 1. The molecule has 0 unspecified atom stereocenters. The van der Waals surface area contributed by atoms with Crippen LogP contribution >= 0.6 is 0 Å². The van der Waals surface area contributed by atoms with E-state index in [-0.39, 0.29) is 5.82 Å². The van der Waals surface area contributed by atoms with Gasteiger partial charge in [-0.1, -0.05) is 6.07 Å². The predicted molar refractivity (Wildman–Crippen MR) is 74.0 cm³/mol. The lowest BCUT2D eigenvalue weighted by Crippen LogP contribution is -2.15. The molecule has 0 saturated heterocycles. The molecule has 1 heterocycles. The van der Waals surface area contributed by atoms with Gasteiger partial charge in [0.05, 0.1) is 6.54 Å². The molecule has 1 N–H and O–H groups in total. The standard InChI is InChI=1S/C15H18FN3O/c16-14-10-12(11-17-13-3-4-13)2-5-15(14)20-9-8-19-7-1-6-18-19/h1-2,5-7,10,13,17H,3-4,8-9,11H2. The lowest BCUT2D eigenvalue weighted by molar-refractivity contribution is 0.278. The summed E-state index contributed by atoms with van der Waals surface area (Å²) in [6, 6.07) is 7.62. The summed E-state index contributed by atoms with van der Waals surface area (Å²) in [6.45, 7) is 1.73. The lowest BCUT2D eigenvalue weighted by atomic mass is 10.2. The molecule has 4 nitrogen and oxygen atoms in total. The minimum absolute atomic E-state index is 0.298. The maximum absolute atomic E-state index is 13.9. The van der Waals surface area contributed by atoms with Crippen LogP contribution in [0.3, 0.4) is 0 Å². The summed E-state index contributed by atoms with van der Waals surface area (Å²) in [5.74, 6) is -0.00658. The van der Waals surface area contributed by atoms with Gasteiger partial charge in [0.25, 0.3) is 0 Å². The third kappa shape index (κ3) is 3.57. The quantitative estimate of drug-likeness (QED) is 0.843. The summed E-state index contributed by atoms with van der Waals surface area (Å²) in [6.07, 6.45) is 6.03. The van der Waals surface area contributed by atoms with Crippen LogP contribution in [-0.4, -0.2) is 22.4 Å². The summed E-state index contributed by atoms with van der Waals surface area (Å²) in [5, 5.41) is 7.43. The van der Waals surface area contributed by atoms with Crippen molar-refractivity contribution in [3.63, 3.8) is 0 Å². The second-order valence-corrected chi connectivity index (χ2v) is 5.04. The lowest BCUT2D eigenvalue weighted by Gasteiger charge is -2.09. The molecule has 106 valence electrons. The SMILES string of the molecule is Fc1cc(CNC2CC2)ccc1OCCn1cccn1. The zero-order valence-electron chi connectivity index (χ0n) is 11.3. The Morgan fingerprint density at radius 2 is 2.30 bits per heavy atom. The number of ether oxygens (including phenoxy) is 1. The van der Waals surface area contributed by atoms with Crippen LogP contribution in [0.4, 0.5) is 4.39 Å². The minimum Gasteiger partial charge on any atom is -0.489 e. The average Bonchev–Trinajstić information content (AvgIpc) is 3.14. The fraction of sp³-hybridized carbons (Fsp3) is 0.400. The van der Waals surface area contributed by atoms with E-state index in [1.165, 1.54) is 12.8 Å². The maximum Gasteiger partial charge on any atom is 0.165 e. The molecule has 0 bridgehead atoms. The second kappa shape index (κ2) is 6.05. The van der Waals surface area contributed by atoms with E-state index < -0.39 is 0 Å². The van der Waals surface area contributed by atoms with Crippen molar-refractivity contribution in [3.05, 3.63) is 48.0 Å². The Kier molecular flexibility index (Phi) is 3.97. The predicted octanol–water partition coefficient (Wildman–Crippen LogP) is 2.35. The van der Waals surface area contributed by atoms with Crippen molar-refractivity contribution in [1.82, 2.24) is 15.1 Å². The number of nitrogens with one attached hydrogen (secondary N) is 1. The van der Waals surface area contributed by atoms with E-state index in [0.717, 1.165) is 12.1 Å². The van der Waals surface area contributed by atoms with Gasteiger partial charge >= 0.3 is 0 Å². The van der Waals surface area contributed by atoms with E-state index in [0.29, 0.717) is 24.9 Å². The van der Waals surface area contributed by atoms with Gasteiger partial charge in [-0.2, -0.15) is 5.10 Å². The summed E-state index contributed by atoms with van der Waals surface area (Å²) >= 11 is 0. The highest BCUT2D eigenvalue weighted by molar-refractivity contribution is 5.29. The molecule has 0 radical (unpaired) electrons. The summed E-state index contributed by atoms with van der Waals surface area (Å²) in [7, 11) is 0. The van der Waals surface area contributed by atoms with Crippen LogP contribution in [0.15, 0.2) is 36.7 Å². The van der Waals surface area contributed by atoms with Crippen LogP contribution in [0, 0.1) is 5.82 Å². The van der Waals surface area contributed by atoms with Gasteiger partial charge in [0.2, 0.25) is 0 Å². The van der Waals surface area contributed by atoms with Gasteiger partial charge in [0.1, 0.15) is 6.61 Å². The molecule has 1 aromatic heterocycles. The van der Waals surface area contributed by atoms with Crippen molar-refractivity contribution in [2.75, 3.05) is 6.61 Å². The highest BCUT2D eigenvalue weighted by atomic mass is 19.1. The van der Waals surface area contributed by atoms with Gasteiger partial charge in [-0.05, 0) is 36.6 Å². The average molecular weight is 275 g/mol. The number of benzene rings is 1. The van der Waals surface area contributed by atoms with E-state index >= 15 is 0 Å². The van der Waals surface area contributed by atoms with E-state index in [2.05, 4.69) is 10.4 Å². The molecule has 1 saturated carbocycles. The van der Waals surface area contributed by atoms with Gasteiger partial charge < -0.3 is 10.1 Å². The molecular formula is C15H18FN3O. The molecule has 0 atom stereocenters. The van der Waals surface area contributed by atoms with Crippen molar-refractivity contribution in [2.24, 2.45) is 0 Å². The molecule has 5 heteroatoms. The van der Waals surface area contributed by atoms with Gasteiger partial charge in [0, 0.05) is 25.0 Å². The van der Waals surface area contributed by atoms with Gasteiger partial charge in [-0.15, -0.1) is 0 Å². The molecule has 1 aromatic carbocycles. The molecular weight excluding hydrogens is 257 g/mol. The summed E-state index contributed by atoms with van der Waals surface area (Å²) in [5.41, 5.74) is 0.953. The number of hydrogen-bond acceptors (Lipinski definition) is 3. The Morgan fingerprint density at radius 1 is 1.40 bits per heavy atom. The third-order valence-corrected chi connectivity index (χ3v) is 3.31. The number of aromatic nitrogens is 2. The Bertz CT molecular complexity index is 552. The van der Waals surface area contributed by atoms with Crippen LogP contribution in [0.5, 0.6) is 5.75 Å². The van der Waals surface area contributed by atoms with Gasteiger partial charge in [-0.3, -0.25) is 4.68 Å². The molecule has 0 amide bonds. The smallest absolute Gasteiger partial charge is 0.165 e. The van der Waals surface area contributed by atoms with Crippen LogP contribution in [0.2, 0.25) is 0 Å². The first kappa shape index (κ1) is 13.1. The van der Waals surface area contributed by atoms with E-state index in [9.17, 15) is 4.39 Å². The van der Waals surface area contributed by atoms with Crippen LogP contribution in [-0.2, 0) is 13.1 Å². The molecule has 3 rings (SSSR count). The highest BCUT2D eigenvalue weighted by Crippen LogP contribution is 2.21. The topological polar surface area (TPSA) is 39.1 Å². The summed E-state index contributed by atoms with van der Waals surface area (Å²) < 4.78 is 21.1. The minimum atomic E-state index is -0.305. The first-order valence-electron chi connectivity index (χ1n) is 6.93. The van der Waals surface area contributed by atoms with Crippen molar-refractivity contribution < 1.29 is 9.13 Å².